The van der Waals surface area contributed by atoms with Gasteiger partial charge in [0.1, 0.15) is 5.82 Å². The number of halogens is 1. The fourth-order valence-corrected chi connectivity index (χ4v) is 4.40. The Morgan fingerprint density at radius 1 is 1.21 bits per heavy atom. The maximum atomic E-state index is 13.3. The number of H-pyrrole nitrogens is 1. The number of nitrogens with zero attached hydrogens (tertiary/aromatic N) is 4. The van der Waals surface area contributed by atoms with Crippen molar-refractivity contribution in [1.82, 2.24) is 24.9 Å². The Labute approximate surface area is 165 Å². The first-order chi connectivity index (χ1) is 13.6. The van der Waals surface area contributed by atoms with Gasteiger partial charge >= 0.3 is 0 Å². The lowest BCUT2D eigenvalue weighted by Crippen LogP contribution is -2.34. The van der Waals surface area contributed by atoms with Crippen molar-refractivity contribution in [1.29, 1.82) is 0 Å². The largest absolute Gasteiger partial charge is 0.298 e. The summed E-state index contributed by atoms with van der Waals surface area (Å²) in [5.74, 6) is 0.189. The molecule has 1 atom stereocenters. The molecule has 0 saturated carbocycles. The van der Waals surface area contributed by atoms with Crippen LogP contribution >= 0.6 is 0 Å². The Bertz CT molecular complexity index is 940. The molecule has 1 aromatic carbocycles. The summed E-state index contributed by atoms with van der Waals surface area (Å²) in [5.41, 5.74) is 7.02. The molecule has 0 spiro atoms. The Morgan fingerprint density at radius 3 is 2.71 bits per heavy atom. The molecule has 0 bridgehead atoms. The Balaban J connectivity index is 1.53. The van der Waals surface area contributed by atoms with Crippen LogP contribution in [0.25, 0.3) is 11.1 Å². The molecule has 2 aromatic heterocycles. The van der Waals surface area contributed by atoms with E-state index in [0.717, 1.165) is 61.5 Å². The molecule has 6 heteroatoms. The van der Waals surface area contributed by atoms with Gasteiger partial charge in [-0.15, -0.1) is 0 Å². The number of aryl methyl sites for hydroxylation is 2. The number of nitrogens with one attached hydrogen (secondary N) is 1. The van der Waals surface area contributed by atoms with Crippen molar-refractivity contribution >= 4 is 0 Å². The quantitative estimate of drug-likeness (QED) is 0.711. The lowest BCUT2D eigenvalue weighted by atomic mass is 9.90. The molecule has 148 valence electrons. The minimum Gasteiger partial charge on any atom is -0.298 e. The zero-order valence-corrected chi connectivity index (χ0v) is 16.9. The lowest BCUT2D eigenvalue weighted by molar-refractivity contribution is 0.198. The topological polar surface area (TPSA) is 49.7 Å². The van der Waals surface area contributed by atoms with Crippen LogP contribution in [0.15, 0.2) is 30.5 Å². The van der Waals surface area contributed by atoms with E-state index in [9.17, 15) is 4.39 Å². The molecular formula is C22H28FN5. The maximum Gasteiger partial charge on any atom is 0.123 e. The van der Waals surface area contributed by atoms with Gasteiger partial charge in [0.2, 0.25) is 0 Å². The number of piperidine rings is 1. The molecule has 5 nitrogen and oxygen atoms in total. The van der Waals surface area contributed by atoms with E-state index in [1.54, 1.807) is 0 Å². The van der Waals surface area contributed by atoms with Crippen molar-refractivity contribution in [3.05, 3.63) is 58.9 Å². The SMILES string of the molecule is CCn1nc(C)c(CN2CCC[C@H](c3[nH]ncc3-c3ccc(F)cc3)C2)c1C. The molecule has 3 aromatic rings. The van der Waals surface area contributed by atoms with E-state index in [1.807, 2.05) is 18.3 Å². The average Bonchev–Trinajstić information content (AvgIpc) is 3.29. The normalized spacial score (nSPS) is 17.9. The number of hydrogen-bond donors (Lipinski definition) is 1. The number of likely N-dealkylation sites (tertiary alicyclic amines) is 1. The van der Waals surface area contributed by atoms with Crippen molar-refractivity contribution in [2.75, 3.05) is 13.1 Å². The van der Waals surface area contributed by atoms with Gasteiger partial charge in [0.15, 0.2) is 0 Å². The summed E-state index contributed by atoms with van der Waals surface area (Å²) < 4.78 is 15.4. The van der Waals surface area contributed by atoms with Gasteiger partial charge < -0.3 is 0 Å². The number of aromatic amines is 1. The van der Waals surface area contributed by atoms with E-state index in [1.165, 1.54) is 23.4 Å². The molecular weight excluding hydrogens is 353 g/mol. The van der Waals surface area contributed by atoms with Gasteiger partial charge in [-0.1, -0.05) is 12.1 Å². The van der Waals surface area contributed by atoms with Crippen LogP contribution in [0, 0.1) is 19.7 Å². The lowest BCUT2D eigenvalue weighted by Gasteiger charge is -2.32. The summed E-state index contributed by atoms with van der Waals surface area (Å²) in [4.78, 5) is 2.53. The molecule has 1 aliphatic rings. The van der Waals surface area contributed by atoms with Crippen LogP contribution in [-0.2, 0) is 13.1 Å². The monoisotopic (exact) mass is 381 g/mol. The molecule has 4 rings (SSSR count). The van der Waals surface area contributed by atoms with Gasteiger partial charge in [0, 0.05) is 48.1 Å². The van der Waals surface area contributed by atoms with Crippen molar-refractivity contribution in [2.24, 2.45) is 0 Å². The smallest absolute Gasteiger partial charge is 0.123 e. The molecule has 0 unspecified atom stereocenters. The highest BCUT2D eigenvalue weighted by molar-refractivity contribution is 5.65. The Morgan fingerprint density at radius 2 is 2.00 bits per heavy atom. The van der Waals surface area contributed by atoms with Crippen molar-refractivity contribution in [3.8, 4) is 11.1 Å². The fourth-order valence-electron chi connectivity index (χ4n) is 4.40. The van der Waals surface area contributed by atoms with Gasteiger partial charge in [-0.05, 0) is 57.9 Å². The number of aromatic nitrogens is 4. The molecule has 1 saturated heterocycles. The van der Waals surface area contributed by atoms with Gasteiger partial charge in [0.05, 0.1) is 11.9 Å². The van der Waals surface area contributed by atoms with Crippen LogP contribution in [0.4, 0.5) is 4.39 Å². The van der Waals surface area contributed by atoms with Gasteiger partial charge in [-0.3, -0.25) is 14.7 Å². The van der Waals surface area contributed by atoms with Gasteiger partial charge in [-0.25, -0.2) is 4.39 Å². The Hall–Kier alpha value is -2.47. The zero-order valence-electron chi connectivity index (χ0n) is 16.9. The summed E-state index contributed by atoms with van der Waals surface area (Å²) in [6, 6.07) is 6.68. The van der Waals surface area contributed by atoms with Crippen molar-refractivity contribution in [2.45, 2.75) is 52.6 Å². The second-order valence-corrected chi connectivity index (χ2v) is 7.74. The van der Waals surface area contributed by atoms with Crippen molar-refractivity contribution in [3.63, 3.8) is 0 Å². The summed E-state index contributed by atoms with van der Waals surface area (Å²) >= 11 is 0. The van der Waals surface area contributed by atoms with Gasteiger partial charge in [-0.2, -0.15) is 10.2 Å². The average molecular weight is 381 g/mol. The van der Waals surface area contributed by atoms with Gasteiger partial charge in [0.25, 0.3) is 0 Å². The molecule has 1 N–H and O–H groups in total. The first-order valence-corrected chi connectivity index (χ1v) is 10.1. The summed E-state index contributed by atoms with van der Waals surface area (Å²) in [7, 11) is 0. The number of benzene rings is 1. The van der Waals surface area contributed by atoms with E-state index in [2.05, 4.69) is 45.6 Å². The highest BCUT2D eigenvalue weighted by Gasteiger charge is 2.26. The highest BCUT2D eigenvalue weighted by atomic mass is 19.1. The van der Waals surface area contributed by atoms with Crippen LogP contribution in [0.1, 0.15) is 48.3 Å². The Kier molecular flexibility index (Phi) is 5.31. The molecule has 28 heavy (non-hydrogen) atoms. The summed E-state index contributed by atoms with van der Waals surface area (Å²) in [6.07, 6.45) is 4.16. The van der Waals surface area contributed by atoms with E-state index in [4.69, 9.17) is 0 Å². The van der Waals surface area contributed by atoms with Crippen LogP contribution in [0.2, 0.25) is 0 Å². The fraction of sp³-hybridized carbons (Fsp3) is 0.455. The molecule has 0 amide bonds. The van der Waals surface area contributed by atoms with Crippen molar-refractivity contribution < 1.29 is 4.39 Å². The molecule has 0 radical (unpaired) electrons. The minimum absolute atomic E-state index is 0.212. The molecule has 1 fully saturated rings. The molecule has 3 heterocycles. The second kappa shape index (κ2) is 7.87. The van der Waals surface area contributed by atoms with Crippen LogP contribution in [0.5, 0.6) is 0 Å². The minimum atomic E-state index is -0.212. The third-order valence-corrected chi connectivity index (χ3v) is 5.95. The molecule has 1 aliphatic heterocycles. The zero-order chi connectivity index (χ0) is 19.7. The first kappa shape index (κ1) is 18.9. The number of rotatable bonds is 5. The maximum absolute atomic E-state index is 13.3. The number of hydrogen-bond acceptors (Lipinski definition) is 3. The summed E-state index contributed by atoms with van der Waals surface area (Å²) in [5, 5.41) is 12.2. The first-order valence-electron chi connectivity index (χ1n) is 10.1. The third-order valence-electron chi connectivity index (χ3n) is 5.95. The predicted molar refractivity (Wildman–Crippen MR) is 109 cm³/mol. The van der Waals surface area contributed by atoms with Crippen LogP contribution in [0.3, 0.4) is 0 Å². The van der Waals surface area contributed by atoms with Crippen LogP contribution < -0.4 is 0 Å². The predicted octanol–water partition coefficient (Wildman–Crippen LogP) is 4.43. The molecule has 0 aliphatic carbocycles. The van der Waals surface area contributed by atoms with E-state index < -0.39 is 0 Å². The van der Waals surface area contributed by atoms with E-state index in [0.29, 0.717) is 5.92 Å². The van der Waals surface area contributed by atoms with E-state index >= 15 is 0 Å². The summed E-state index contributed by atoms with van der Waals surface area (Å²) in [6.45, 7) is 10.4. The standard InChI is InChI=1S/C22H28FN5/c1-4-28-16(3)21(15(2)26-28)14-27-11-5-6-18(13-27)22-20(12-24-25-22)17-7-9-19(23)10-8-17/h7-10,12,18H,4-6,11,13-14H2,1-3H3,(H,24,25)/t18-/m0/s1. The van der Waals surface area contributed by atoms with Crippen LogP contribution in [-0.4, -0.2) is 38.0 Å². The second-order valence-electron chi connectivity index (χ2n) is 7.74. The highest BCUT2D eigenvalue weighted by Crippen LogP contribution is 2.33. The van der Waals surface area contributed by atoms with E-state index in [-0.39, 0.29) is 5.82 Å². The third kappa shape index (κ3) is 3.61.